The van der Waals surface area contributed by atoms with Crippen LogP contribution in [0.2, 0.25) is 0 Å². The van der Waals surface area contributed by atoms with Crippen LogP contribution in [0.1, 0.15) is 37.7 Å². The topological polar surface area (TPSA) is 45.5 Å². The fraction of sp³-hybridized carbons (Fsp3) is 0.308. The van der Waals surface area contributed by atoms with Gasteiger partial charge in [0.1, 0.15) is 10.4 Å². The van der Waals surface area contributed by atoms with Crippen LogP contribution in [0.3, 0.4) is 0 Å². The van der Waals surface area contributed by atoms with Gasteiger partial charge in [-0.2, -0.15) is 13.2 Å². The summed E-state index contributed by atoms with van der Waals surface area (Å²) in [6, 6.07) is 8.28. The van der Waals surface area contributed by atoms with Crippen molar-refractivity contribution in [1.82, 2.24) is 4.98 Å². The molecule has 1 aromatic heterocycles. The molecule has 0 radical (unpaired) electrons. The molecule has 3 aliphatic rings. The summed E-state index contributed by atoms with van der Waals surface area (Å²) >= 11 is 1.50. The van der Waals surface area contributed by atoms with Gasteiger partial charge in [-0.1, -0.05) is 54.6 Å². The number of halogens is 3. The lowest BCUT2D eigenvalue weighted by Crippen LogP contribution is -2.39. The molecule has 2 aromatic rings. The van der Waals surface area contributed by atoms with E-state index in [1.807, 2.05) is 19.1 Å². The number of rotatable bonds is 2. The highest BCUT2D eigenvalue weighted by atomic mass is 32.1. The highest BCUT2D eigenvalue weighted by Crippen LogP contribution is 2.44. The quantitative estimate of drug-likeness (QED) is 0.686. The SMILES string of the molecule is CC1(O)CC(c2ccc(-c3nc(=C4C=CC(C(F)(F)F)=NC4)sc3=C3C=CC=CC3)cc2)C1. The van der Waals surface area contributed by atoms with Crippen LogP contribution in [-0.2, 0) is 0 Å². The first-order valence-electron chi connectivity index (χ1n) is 10.9. The number of alkyl halides is 3. The van der Waals surface area contributed by atoms with Gasteiger partial charge in [-0.25, -0.2) is 4.98 Å². The predicted molar refractivity (Wildman–Crippen MR) is 127 cm³/mol. The predicted octanol–water partition coefficient (Wildman–Crippen LogP) is 4.83. The van der Waals surface area contributed by atoms with E-state index in [0.717, 1.165) is 46.7 Å². The Morgan fingerprint density at radius 3 is 2.36 bits per heavy atom. The van der Waals surface area contributed by atoms with E-state index in [1.165, 1.54) is 23.0 Å². The molecule has 3 nitrogen and oxygen atoms in total. The average Bonchev–Trinajstić information content (AvgIpc) is 3.23. The van der Waals surface area contributed by atoms with Gasteiger partial charge in [-0.3, -0.25) is 4.99 Å². The van der Waals surface area contributed by atoms with E-state index >= 15 is 0 Å². The molecule has 1 aromatic carbocycles. The highest BCUT2D eigenvalue weighted by molar-refractivity contribution is 7.08. The number of hydrogen-bond donors (Lipinski definition) is 1. The van der Waals surface area contributed by atoms with Gasteiger partial charge in [-0.05, 0) is 49.3 Å². The van der Waals surface area contributed by atoms with E-state index in [2.05, 4.69) is 41.4 Å². The number of aliphatic imine (C=N–C) groups is 1. The summed E-state index contributed by atoms with van der Waals surface area (Å²) < 4.78 is 40.5. The molecule has 0 atom stereocenters. The van der Waals surface area contributed by atoms with Crippen molar-refractivity contribution in [3.05, 3.63) is 75.5 Å². The first-order valence-corrected chi connectivity index (χ1v) is 11.7. The van der Waals surface area contributed by atoms with Gasteiger partial charge in [0, 0.05) is 11.1 Å². The summed E-state index contributed by atoms with van der Waals surface area (Å²) in [6.07, 6.45) is 8.50. The molecule has 1 fully saturated rings. The van der Waals surface area contributed by atoms with Crippen molar-refractivity contribution >= 4 is 28.2 Å². The maximum absolute atomic E-state index is 12.9. The third-order valence-electron chi connectivity index (χ3n) is 6.26. The summed E-state index contributed by atoms with van der Waals surface area (Å²) in [7, 11) is 0. The lowest BCUT2D eigenvalue weighted by molar-refractivity contribution is -0.0578. The molecule has 5 rings (SSSR count). The van der Waals surface area contributed by atoms with Crippen LogP contribution in [0, 0.1) is 0 Å². The van der Waals surface area contributed by atoms with Crippen LogP contribution >= 0.6 is 11.3 Å². The van der Waals surface area contributed by atoms with Gasteiger partial charge in [0.2, 0.25) is 0 Å². The molecule has 0 spiro atoms. The Morgan fingerprint density at radius 1 is 1.03 bits per heavy atom. The Labute approximate surface area is 193 Å². The number of aliphatic hydroxyl groups is 1. The monoisotopic (exact) mass is 468 g/mol. The van der Waals surface area contributed by atoms with Gasteiger partial charge < -0.3 is 5.11 Å². The zero-order valence-corrected chi connectivity index (χ0v) is 18.9. The first-order chi connectivity index (χ1) is 15.7. The fourth-order valence-electron chi connectivity index (χ4n) is 4.48. The van der Waals surface area contributed by atoms with Crippen LogP contribution in [0.5, 0.6) is 0 Å². The molecule has 2 heterocycles. The number of allylic oxidation sites excluding steroid dienone is 5. The minimum Gasteiger partial charge on any atom is -0.390 e. The number of benzene rings is 1. The van der Waals surface area contributed by atoms with Gasteiger partial charge in [0.05, 0.1) is 22.4 Å². The van der Waals surface area contributed by atoms with E-state index < -0.39 is 17.5 Å². The van der Waals surface area contributed by atoms with Crippen molar-refractivity contribution < 1.29 is 18.3 Å². The second kappa shape index (κ2) is 8.22. The van der Waals surface area contributed by atoms with Crippen LogP contribution in [0.4, 0.5) is 13.2 Å². The first kappa shape index (κ1) is 22.0. The van der Waals surface area contributed by atoms with E-state index in [1.54, 1.807) is 0 Å². The molecule has 0 saturated heterocycles. The molecule has 0 unspecified atom stereocenters. The van der Waals surface area contributed by atoms with Crippen molar-refractivity contribution in [3.63, 3.8) is 0 Å². The van der Waals surface area contributed by atoms with Gasteiger partial charge in [-0.15, -0.1) is 11.3 Å². The summed E-state index contributed by atoms with van der Waals surface area (Å²) in [6.45, 7) is 1.83. The van der Waals surface area contributed by atoms with Crippen molar-refractivity contribution in [2.75, 3.05) is 6.54 Å². The smallest absolute Gasteiger partial charge is 0.390 e. The number of hydrogen-bond acceptors (Lipinski definition) is 4. The number of dihydropyridines is 1. The zero-order valence-electron chi connectivity index (χ0n) is 18.1. The second-order valence-corrected chi connectivity index (χ2v) is 9.99. The summed E-state index contributed by atoms with van der Waals surface area (Å²) in [5, 5.41) is 10.0. The molecule has 0 bridgehead atoms. The Balaban J connectivity index is 1.55. The molecule has 1 aliphatic heterocycles. The maximum Gasteiger partial charge on any atom is 0.432 e. The third kappa shape index (κ3) is 4.52. The average molecular weight is 469 g/mol. The maximum atomic E-state index is 12.9. The molecule has 1 saturated carbocycles. The number of aromatic nitrogens is 1. The van der Waals surface area contributed by atoms with Crippen molar-refractivity contribution in [1.29, 1.82) is 0 Å². The van der Waals surface area contributed by atoms with Crippen LogP contribution in [0.15, 0.2) is 65.7 Å². The molecular formula is C26H23F3N2OS. The van der Waals surface area contributed by atoms with Crippen molar-refractivity contribution in [2.24, 2.45) is 4.99 Å². The van der Waals surface area contributed by atoms with Gasteiger partial charge in [0.25, 0.3) is 0 Å². The van der Waals surface area contributed by atoms with Crippen LogP contribution in [0.25, 0.3) is 22.4 Å². The van der Waals surface area contributed by atoms with E-state index in [9.17, 15) is 18.3 Å². The Kier molecular flexibility index (Phi) is 5.49. The molecule has 170 valence electrons. The minimum absolute atomic E-state index is 0.0383. The Bertz CT molecular complexity index is 1320. The normalized spacial score (nSPS) is 28.0. The van der Waals surface area contributed by atoms with E-state index in [-0.39, 0.29) is 6.54 Å². The molecule has 7 heteroatoms. The molecule has 33 heavy (non-hydrogen) atoms. The summed E-state index contributed by atoms with van der Waals surface area (Å²) in [5.41, 5.74) is 3.40. The standard InChI is InChI=1S/C26H23F3N2OS/c1-25(32)13-20(14-25)16-7-9-17(10-8-16)22-23(18-5-3-2-4-6-18)33-24(31-22)19-11-12-21(30-15-19)26(27,28)29/h2-5,7-12,20,32H,6,13-15H2,1H3. The van der Waals surface area contributed by atoms with Crippen molar-refractivity contribution in [3.8, 4) is 11.3 Å². The van der Waals surface area contributed by atoms with Gasteiger partial charge >= 0.3 is 6.18 Å². The van der Waals surface area contributed by atoms with Crippen molar-refractivity contribution in [2.45, 2.75) is 43.9 Å². The lowest BCUT2D eigenvalue weighted by atomic mass is 9.69. The van der Waals surface area contributed by atoms with Crippen LogP contribution < -0.4 is 9.20 Å². The Morgan fingerprint density at radius 2 is 1.79 bits per heavy atom. The lowest BCUT2D eigenvalue weighted by Gasteiger charge is -2.41. The number of thiazole rings is 1. The summed E-state index contributed by atoms with van der Waals surface area (Å²) in [4.78, 5) is 8.58. The summed E-state index contributed by atoms with van der Waals surface area (Å²) in [5.74, 6) is 0.365. The third-order valence-corrected chi connectivity index (χ3v) is 7.46. The molecule has 1 N–H and O–H groups in total. The zero-order chi connectivity index (χ0) is 23.2. The van der Waals surface area contributed by atoms with Gasteiger partial charge in [0.15, 0.2) is 0 Å². The van der Waals surface area contributed by atoms with E-state index in [0.29, 0.717) is 16.2 Å². The second-order valence-electron chi connectivity index (χ2n) is 9.00. The van der Waals surface area contributed by atoms with E-state index in [4.69, 9.17) is 4.98 Å². The number of nitrogens with zero attached hydrogens (tertiary/aromatic N) is 2. The molecular weight excluding hydrogens is 445 g/mol. The highest BCUT2D eigenvalue weighted by Gasteiger charge is 2.39. The minimum atomic E-state index is -4.44. The Hall–Kier alpha value is -2.77. The molecule has 0 amide bonds. The fourth-order valence-corrected chi connectivity index (χ4v) is 5.62. The molecule has 2 aliphatic carbocycles. The van der Waals surface area contributed by atoms with Crippen LogP contribution in [-0.4, -0.2) is 34.1 Å². The largest absolute Gasteiger partial charge is 0.432 e.